The minimum absolute atomic E-state index is 0.0861. The van der Waals surface area contributed by atoms with Crippen LogP contribution in [-0.4, -0.2) is 91.3 Å². The van der Waals surface area contributed by atoms with E-state index in [4.69, 9.17) is 15.0 Å². The highest BCUT2D eigenvalue weighted by Gasteiger charge is 2.75. The maximum Gasteiger partial charge on any atom is 0.553 e. The monoisotopic (exact) mass is 1440 g/mol. The van der Waals surface area contributed by atoms with Crippen molar-refractivity contribution in [2.75, 3.05) is 0 Å². The van der Waals surface area contributed by atoms with Crippen LogP contribution in [0.5, 0.6) is 0 Å². The first-order valence-corrected chi connectivity index (χ1v) is 39.2. The Bertz CT molecular complexity index is 8460. The van der Waals surface area contributed by atoms with Gasteiger partial charge in [0.1, 0.15) is 11.3 Å². The van der Waals surface area contributed by atoms with E-state index in [2.05, 4.69) is 366 Å². The van der Waals surface area contributed by atoms with E-state index in [1.165, 1.54) is 183 Å². The summed E-state index contributed by atoms with van der Waals surface area (Å²) in [5, 5.41) is 17.3. The van der Waals surface area contributed by atoms with Gasteiger partial charge in [0.05, 0.1) is 112 Å². The van der Waals surface area contributed by atoms with Crippen molar-refractivity contribution in [3.63, 3.8) is 0 Å². The Morgan fingerprint density at radius 2 is 0.761 bits per heavy atom. The zero-order chi connectivity index (χ0) is 72.2. The summed E-state index contributed by atoms with van der Waals surface area (Å²) in [7, 11) is 0. The largest absolute Gasteiger partial charge is 0.553 e. The van der Waals surface area contributed by atoms with Crippen molar-refractivity contribution in [1.29, 1.82) is 0 Å². The van der Waals surface area contributed by atoms with Crippen molar-refractivity contribution in [3.05, 3.63) is 393 Å². The fraction of sp³-hybridized carbons (Fsp3) is 0.0505. The smallest absolute Gasteiger partial charge is 0.267 e. The molecule has 33 rings (SSSR count). The van der Waals surface area contributed by atoms with Crippen LogP contribution in [0.2, 0.25) is 0 Å². The van der Waals surface area contributed by atoms with Crippen molar-refractivity contribution in [3.8, 4) is 0 Å². The summed E-state index contributed by atoms with van der Waals surface area (Å²) < 4.78 is 25.3. The van der Waals surface area contributed by atoms with E-state index in [-0.39, 0.29) is 18.4 Å². The zero-order valence-corrected chi connectivity index (χ0v) is 60.0. The number of hydrogen-bond acceptors (Lipinski definition) is 4. The Morgan fingerprint density at radius 1 is 0.327 bits per heavy atom. The molecule has 4 unspecified atom stereocenters. The number of aliphatic imine (C=N–C) groups is 1. The molecule has 15 aromatic rings. The van der Waals surface area contributed by atoms with Crippen molar-refractivity contribution in [2.45, 2.75) is 24.3 Å². The molecule has 17 aliphatic heterocycles. The van der Waals surface area contributed by atoms with Crippen LogP contribution in [0.15, 0.2) is 287 Å². The van der Waals surface area contributed by atoms with Crippen LogP contribution < -0.4 is 42.8 Å². The lowest BCUT2D eigenvalue weighted by Crippen LogP contribution is -2.69. The fourth-order valence-electron chi connectivity index (χ4n) is 23.3. The molecule has 14 heteroatoms. The molecular formula is C99H55N14+5. The number of allylic oxidation sites excluding steroid dienone is 1. The molecule has 113 heavy (non-hydrogen) atoms. The predicted molar refractivity (Wildman–Crippen MR) is 439 cm³/mol. The average molecular weight is 1440 g/mol. The molecule has 10 aromatic carbocycles. The van der Waals surface area contributed by atoms with E-state index in [1.54, 1.807) is 0 Å². The minimum Gasteiger partial charge on any atom is -0.267 e. The molecule has 0 amide bonds. The lowest BCUT2D eigenvalue weighted by atomic mass is 9.92. The van der Waals surface area contributed by atoms with Gasteiger partial charge in [-0.05, 0) is 153 Å². The molecule has 0 bridgehead atoms. The van der Waals surface area contributed by atoms with Gasteiger partial charge in [0.2, 0.25) is 57.4 Å². The van der Waals surface area contributed by atoms with Crippen LogP contribution in [0.1, 0.15) is 84.7 Å². The molecule has 22 heterocycles. The average Bonchev–Trinajstić information content (AvgIpc) is 1.49. The highest BCUT2D eigenvalue weighted by atomic mass is 15.6. The summed E-state index contributed by atoms with van der Waals surface area (Å²) in [5.41, 5.74) is 31.1. The van der Waals surface area contributed by atoms with Gasteiger partial charge in [0.25, 0.3) is 11.7 Å². The number of rotatable bonds is 0. The molecule has 4 atom stereocenters. The van der Waals surface area contributed by atoms with Gasteiger partial charge in [-0.2, -0.15) is 22.8 Å². The van der Waals surface area contributed by atoms with Crippen molar-refractivity contribution >= 4 is 155 Å². The highest BCUT2D eigenvalue weighted by Crippen LogP contribution is 2.55. The maximum absolute atomic E-state index is 5.57. The Kier molecular flexibility index (Phi) is 9.19. The quantitative estimate of drug-likeness (QED) is 0.139. The number of nitrogens with zero attached hydrogens (tertiary/aromatic N) is 14. The summed E-state index contributed by atoms with van der Waals surface area (Å²) in [5.74, 6) is 1.98. The van der Waals surface area contributed by atoms with Crippen LogP contribution in [0.3, 0.4) is 0 Å². The van der Waals surface area contributed by atoms with Gasteiger partial charge in [-0.15, -0.1) is 4.99 Å². The summed E-state index contributed by atoms with van der Waals surface area (Å²) in [6.45, 7) is 0. The SMILES string of the molecule is C1=C2c3ccccc3C3=[N+]2C24n5c(ccc5C=c5c6ccccc6c(n52)=C3)C=C2c3ccccc3C1=[N+]24.C1=C2c3ccccc3C3=[N+]2C24n5c1ccc5C=C1c5ccccc5C(=[N+]12)C=c1ccc(n14)=C3.C1=c2ccccc2=CC2C1=C1N=c3c4cc5ccccc5cc4c4n3C3N1C2N=C1c2cc5ccccc5cc2C(=[N+]13)N=4. The molecule has 0 fully saturated rings. The molecule has 5 aromatic heterocycles. The third kappa shape index (κ3) is 6.06. The van der Waals surface area contributed by atoms with Crippen LogP contribution in [0.4, 0.5) is 0 Å². The molecule has 0 saturated carbocycles. The van der Waals surface area contributed by atoms with E-state index >= 15 is 0 Å². The number of aromatic nitrogens is 5. The molecule has 0 saturated heterocycles. The van der Waals surface area contributed by atoms with Gasteiger partial charge in [0.15, 0.2) is 6.17 Å². The zero-order valence-electron chi connectivity index (χ0n) is 60.0. The molecule has 0 radical (unpaired) electrons. The Hall–Kier alpha value is -15.0. The molecule has 516 valence electrons. The number of amidine groups is 2. The first-order chi connectivity index (χ1) is 56.0. The fourth-order valence-corrected chi connectivity index (χ4v) is 23.3. The van der Waals surface area contributed by atoms with Gasteiger partial charge in [-0.3, -0.25) is 4.90 Å². The van der Waals surface area contributed by atoms with E-state index in [0.717, 1.165) is 50.4 Å². The van der Waals surface area contributed by atoms with Crippen LogP contribution in [0.25, 0.3) is 121 Å². The first-order valence-electron chi connectivity index (χ1n) is 39.2. The number of hydrogen-bond donors (Lipinski definition) is 0. The molecule has 0 N–H and O–H groups in total. The van der Waals surface area contributed by atoms with Gasteiger partial charge in [0, 0.05) is 63.6 Å². The molecule has 2 spiro atoms. The van der Waals surface area contributed by atoms with Gasteiger partial charge in [-0.25, -0.2) is 9.56 Å². The Labute approximate surface area is 640 Å². The van der Waals surface area contributed by atoms with E-state index < -0.39 is 11.8 Å². The van der Waals surface area contributed by atoms with Crippen molar-refractivity contribution in [2.24, 2.45) is 20.9 Å². The summed E-state index contributed by atoms with van der Waals surface area (Å²) in [4.78, 5) is 19.0. The predicted octanol–water partition coefficient (Wildman–Crippen LogP) is 9.99. The second-order valence-corrected chi connectivity index (χ2v) is 32.5. The molecule has 14 nitrogen and oxygen atoms in total. The van der Waals surface area contributed by atoms with Gasteiger partial charge in [-0.1, -0.05) is 175 Å². The second kappa shape index (κ2) is 18.5. The second-order valence-electron chi connectivity index (χ2n) is 32.5. The van der Waals surface area contributed by atoms with Gasteiger partial charge < -0.3 is 0 Å². The Morgan fingerprint density at radius 3 is 1.32 bits per heavy atom. The van der Waals surface area contributed by atoms with Gasteiger partial charge >= 0.3 is 11.8 Å². The van der Waals surface area contributed by atoms with E-state index in [1.807, 2.05) is 0 Å². The third-order valence-electron chi connectivity index (χ3n) is 27.5. The number of fused-ring (bicyclic) bond motifs is 26. The Balaban J connectivity index is 0.0000000856. The molecular weight excluding hydrogens is 1390 g/mol. The maximum atomic E-state index is 5.57. The standard InChI is InChI=1S/C37H21N6.C33H18N4.C29H16N4/c1-2-8-20-14-26-25(13-19(20)7-1)31-38-33-27-15-21-9-3-4-10-22(21)16-28(27)35-40-36-30-18-24-12-6-5-11-23(24)17-29(30)34-39-32(26)41(31)37(42(33)35)43(34)36;1-3-9-23-21(7-1)27-15-19-13-14-20-16-28-22-8-2-4-10-24(22)30-18-32-26-12-6-5-11-25(26)31-17-29(23)35(27)33(34(19)20,36(28)30)37(31)32;1-2-6-22-21(5-1)25-13-17-9-10-19-15-27-23-7-3-4-8-24(23)28-16-20-12-11-18-14-26(22)32(25)29(30(17)19,31(18)20)33(27)28/h1-18,25,31,37H;1-18H;1-16H/q+1;2*+2. The summed E-state index contributed by atoms with van der Waals surface area (Å²) in [6.07, 6.45) is 23.6. The summed E-state index contributed by atoms with van der Waals surface area (Å²) in [6, 6.07) is 93.2. The first kappa shape index (κ1) is 56.3. The lowest BCUT2D eigenvalue weighted by molar-refractivity contribution is -0.807. The number of benzene rings is 10. The third-order valence-corrected chi connectivity index (χ3v) is 27.5. The van der Waals surface area contributed by atoms with Crippen LogP contribution in [-0.2, 0) is 11.8 Å². The summed E-state index contributed by atoms with van der Waals surface area (Å²) >= 11 is 0. The molecule has 1 aliphatic carbocycles. The van der Waals surface area contributed by atoms with Crippen molar-refractivity contribution < 1.29 is 22.9 Å². The minimum atomic E-state index is -0.613. The lowest BCUT2D eigenvalue weighted by Gasteiger charge is -2.39. The van der Waals surface area contributed by atoms with E-state index in [0.29, 0.717) is 0 Å². The van der Waals surface area contributed by atoms with E-state index in [9.17, 15) is 0 Å². The van der Waals surface area contributed by atoms with Crippen LogP contribution in [0, 0.1) is 5.92 Å². The topological polar surface area (TPSA) is 80.0 Å². The normalized spacial score (nSPS) is 21.5. The highest BCUT2D eigenvalue weighted by molar-refractivity contribution is 6.27. The van der Waals surface area contributed by atoms with Crippen LogP contribution >= 0.6 is 0 Å². The molecule has 18 aliphatic rings. The van der Waals surface area contributed by atoms with Crippen molar-refractivity contribution in [1.82, 2.24) is 27.7 Å².